The van der Waals surface area contributed by atoms with E-state index in [4.69, 9.17) is 11.6 Å². The molecule has 26 heavy (non-hydrogen) atoms. The van der Waals surface area contributed by atoms with Gasteiger partial charge in [-0.05, 0) is 49.7 Å². The zero-order valence-electron chi connectivity index (χ0n) is 14.5. The number of carbonyl (C=O) groups is 1. The number of benzene rings is 2. The summed E-state index contributed by atoms with van der Waals surface area (Å²) >= 11 is 9.27. The van der Waals surface area contributed by atoms with Gasteiger partial charge in [-0.3, -0.25) is 4.79 Å². The van der Waals surface area contributed by atoms with Crippen LogP contribution in [0.5, 0.6) is 0 Å². The third-order valence-corrected chi connectivity index (χ3v) is 6.47. The van der Waals surface area contributed by atoms with Crippen LogP contribution >= 0.6 is 34.7 Å². The highest BCUT2D eigenvalue weighted by Gasteiger charge is 2.12. The lowest BCUT2D eigenvalue weighted by Gasteiger charge is -2.04. The largest absolute Gasteiger partial charge is 0.316 e. The lowest BCUT2D eigenvalue weighted by Crippen LogP contribution is -2.16. The van der Waals surface area contributed by atoms with Crippen molar-refractivity contribution in [1.29, 1.82) is 0 Å². The molecule has 0 N–H and O–H groups in total. The first-order valence-corrected chi connectivity index (χ1v) is 10.4. The van der Waals surface area contributed by atoms with Gasteiger partial charge in [-0.2, -0.15) is 4.99 Å². The summed E-state index contributed by atoms with van der Waals surface area (Å²) in [5.74, 6) is 0.176. The predicted molar refractivity (Wildman–Crippen MR) is 108 cm³/mol. The van der Waals surface area contributed by atoms with Crippen molar-refractivity contribution in [3.8, 4) is 0 Å². The molecular formula is C19H18ClFN2OS2. The smallest absolute Gasteiger partial charge is 0.249 e. The van der Waals surface area contributed by atoms with Gasteiger partial charge in [0.25, 0.3) is 0 Å². The van der Waals surface area contributed by atoms with Gasteiger partial charge in [0.1, 0.15) is 5.82 Å². The van der Waals surface area contributed by atoms with Crippen molar-refractivity contribution in [1.82, 2.24) is 4.57 Å². The summed E-state index contributed by atoms with van der Waals surface area (Å²) in [4.78, 5) is 18.2. The number of fused-ring (bicyclic) bond motifs is 1. The van der Waals surface area contributed by atoms with E-state index in [2.05, 4.69) is 4.99 Å². The minimum atomic E-state index is -0.261. The van der Waals surface area contributed by atoms with Crippen LogP contribution in [0.3, 0.4) is 0 Å². The molecule has 1 amide bonds. The van der Waals surface area contributed by atoms with Crippen LogP contribution in [0, 0.1) is 12.7 Å². The third-order valence-electron chi connectivity index (χ3n) is 3.91. The Morgan fingerprint density at radius 2 is 2.00 bits per heavy atom. The minimum Gasteiger partial charge on any atom is -0.316 e. The van der Waals surface area contributed by atoms with Gasteiger partial charge >= 0.3 is 0 Å². The summed E-state index contributed by atoms with van der Waals surface area (Å²) in [5.41, 5.74) is 2.15. The third kappa shape index (κ3) is 4.19. The normalized spacial score (nSPS) is 12.1. The van der Waals surface area contributed by atoms with Crippen LogP contribution < -0.4 is 4.80 Å². The topological polar surface area (TPSA) is 34.4 Å². The Morgan fingerprint density at radius 1 is 1.27 bits per heavy atom. The Balaban J connectivity index is 1.78. The Labute approximate surface area is 164 Å². The van der Waals surface area contributed by atoms with Crippen molar-refractivity contribution >= 4 is 50.8 Å². The number of aromatic nitrogens is 1. The molecule has 0 saturated carbocycles. The fourth-order valence-electron chi connectivity index (χ4n) is 2.65. The predicted octanol–water partition coefficient (Wildman–Crippen LogP) is 5.43. The number of thiazole rings is 1. The van der Waals surface area contributed by atoms with E-state index in [0.717, 1.165) is 27.2 Å². The maximum absolute atomic E-state index is 12.9. The molecule has 136 valence electrons. The van der Waals surface area contributed by atoms with Crippen molar-refractivity contribution in [2.45, 2.75) is 31.7 Å². The van der Waals surface area contributed by atoms with Gasteiger partial charge in [0.2, 0.25) is 5.91 Å². The van der Waals surface area contributed by atoms with E-state index in [1.54, 1.807) is 12.1 Å². The molecule has 3 rings (SSSR count). The quantitative estimate of drug-likeness (QED) is 0.527. The van der Waals surface area contributed by atoms with Crippen LogP contribution in [0.15, 0.2) is 46.3 Å². The number of hydrogen-bond donors (Lipinski definition) is 0. The molecule has 2 aromatic carbocycles. The second-order valence-electron chi connectivity index (χ2n) is 5.73. The SMILES string of the molecule is CCn1c(=NC(=O)CCSc2ccc(F)cc2)sc2c(Cl)ccc(C)c21. The number of nitrogens with zero attached hydrogens (tertiary/aromatic N) is 2. The fourth-order valence-corrected chi connectivity index (χ4v) is 4.95. The van der Waals surface area contributed by atoms with Gasteiger partial charge in [0.05, 0.1) is 15.2 Å². The molecule has 0 atom stereocenters. The Hall–Kier alpha value is -1.63. The van der Waals surface area contributed by atoms with Gasteiger partial charge in [0.15, 0.2) is 4.80 Å². The van der Waals surface area contributed by atoms with E-state index >= 15 is 0 Å². The average molecular weight is 409 g/mol. The van der Waals surface area contributed by atoms with Gasteiger partial charge in [-0.15, -0.1) is 11.8 Å². The molecule has 1 heterocycles. The number of rotatable bonds is 5. The lowest BCUT2D eigenvalue weighted by atomic mass is 10.2. The summed E-state index contributed by atoms with van der Waals surface area (Å²) in [6.45, 7) is 4.78. The monoisotopic (exact) mass is 408 g/mol. The maximum Gasteiger partial charge on any atom is 0.249 e. The molecule has 1 aromatic heterocycles. The van der Waals surface area contributed by atoms with Crippen molar-refractivity contribution in [3.05, 3.63) is 57.6 Å². The van der Waals surface area contributed by atoms with Gasteiger partial charge in [0, 0.05) is 23.6 Å². The number of carbonyl (C=O) groups excluding carboxylic acids is 1. The van der Waals surface area contributed by atoms with E-state index in [0.29, 0.717) is 22.0 Å². The minimum absolute atomic E-state index is 0.165. The number of aryl methyl sites for hydroxylation is 2. The molecule has 0 radical (unpaired) electrons. The van der Waals surface area contributed by atoms with E-state index in [1.165, 1.54) is 35.2 Å². The van der Waals surface area contributed by atoms with E-state index in [-0.39, 0.29) is 11.7 Å². The molecule has 0 aliphatic heterocycles. The number of hydrogen-bond acceptors (Lipinski definition) is 3. The van der Waals surface area contributed by atoms with Crippen molar-refractivity contribution in [2.75, 3.05) is 5.75 Å². The molecule has 0 unspecified atom stereocenters. The molecule has 7 heteroatoms. The first kappa shape index (κ1) is 19.1. The number of halogens is 2. The van der Waals surface area contributed by atoms with Crippen molar-refractivity contribution < 1.29 is 9.18 Å². The standard InChI is InChI=1S/C19H18ClFN2OS2/c1-3-23-17-12(2)4-9-15(20)18(17)26-19(23)22-16(24)10-11-25-14-7-5-13(21)6-8-14/h4-9H,3,10-11H2,1-2H3. The van der Waals surface area contributed by atoms with Crippen molar-refractivity contribution in [2.24, 2.45) is 4.99 Å². The molecule has 3 aromatic rings. The number of thioether (sulfide) groups is 1. The first-order valence-electron chi connectivity index (χ1n) is 8.24. The Morgan fingerprint density at radius 3 is 2.69 bits per heavy atom. The summed E-state index contributed by atoms with van der Waals surface area (Å²) in [6, 6.07) is 10.1. The van der Waals surface area contributed by atoms with Crippen LogP contribution in [-0.2, 0) is 11.3 Å². The maximum atomic E-state index is 12.9. The van der Waals surface area contributed by atoms with Gasteiger partial charge in [-0.25, -0.2) is 4.39 Å². The van der Waals surface area contributed by atoms with E-state index in [1.807, 2.05) is 30.5 Å². The molecule has 3 nitrogen and oxygen atoms in total. The highest BCUT2D eigenvalue weighted by molar-refractivity contribution is 7.99. The van der Waals surface area contributed by atoms with Crippen LogP contribution in [0.2, 0.25) is 5.02 Å². The zero-order valence-corrected chi connectivity index (χ0v) is 16.8. The second-order valence-corrected chi connectivity index (χ2v) is 8.28. The highest BCUT2D eigenvalue weighted by atomic mass is 35.5. The Bertz CT molecular complexity index is 1010. The van der Waals surface area contributed by atoms with Crippen LogP contribution in [0.4, 0.5) is 4.39 Å². The molecular weight excluding hydrogens is 391 g/mol. The molecule has 0 fully saturated rings. The summed E-state index contributed by atoms with van der Waals surface area (Å²) in [7, 11) is 0. The van der Waals surface area contributed by atoms with Crippen molar-refractivity contribution in [3.63, 3.8) is 0 Å². The zero-order chi connectivity index (χ0) is 18.7. The Kier molecular flexibility index (Phi) is 6.16. The van der Waals surface area contributed by atoms with Crippen LogP contribution in [0.25, 0.3) is 10.2 Å². The molecule has 0 bridgehead atoms. The fraction of sp³-hybridized carbons (Fsp3) is 0.263. The molecule has 0 aliphatic rings. The second kappa shape index (κ2) is 8.37. The molecule has 0 aliphatic carbocycles. The highest BCUT2D eigenvalue weighted by Crippen LogP contribution is 2.28. The van der Waals surface area contributed by atoms with Gasteiger partial charge in [-0.1, -0.05) is 29.0 Å². The summed E-state index contributed by atoms with van der Waals surface area (Å²) < 4.78 is 15.9. The van der Waals surface area contributed by atoms with E-state index < -0.39 is 0 Å². The van der Waals surface area contributed by atoms with Gasteiger partial charge < -0.3 is 4.57 Å². The molecule has 0 spiro atoms. The summed E-state index contributed by atoms with van der Waals surface area (Å²) in [5, 5.41) is 0.679. The van der Waals surface area contributed by atoms with Crippen LogP contribution in [0.1, 0.15) is 18.9 Å². The average Bonchev–Trinajstić information content (AvgIpc) is 2.99. The number of amides is 1. The molecule has 0 saturated heterocycles. The summed E-state index contributed by atoms with van der Waals surface area (Å²) in [6.07, 6.45) is 0.326. The first-order chi connectivity index (χ1) is 12.5. The lowest BCUT2D eigenvalue weighted by molar-refractivity contribution is -0.117. The van der Waals surface area contributed by atoms with Crippen LogP contribution in [-0.4, -0.2) is 16.2 Å². The van der Waals surface area contributed by atoms with E-state index in [9.17, 15) is 9.18 Å².